The molecule has 0 fully saturated rings. The first kappa shape index (κ1) is 24.7. The van der Waals surface area contributed by atoms with Gasteiger partial charge in [-0.25, -0.2) is 4.98 Å². The lowest BCUT2D eigenvalue weighted by atomic mass is 10.0. The van der Waals surface area contributed by atoms with Crippen LogP contribution in [0.15, 0.2) is 46.3 Å². The number of Topliss-reactive ketones (excluding diaryl/α,β-unsaturated/α-hetero) is 1. The van der Waals surface area contributed by atoms with Crippen molar-refractivity contribution < 1.29 is 9.59 Å². The summed E-state index contributed by atoms with van der Waals surface area (Å²) in [7, 11) is 0. The summed E-state index contributed by atoms with van der Waals surface area (Å²) in [6.07, 6.45) is 0. The summed E-state index contributed by atoms with van der Waals surface area (Å²) >= 11 is 1.26. The molecule has 0 saturated carbocycles. The molecule has 33 heavy (non-hydrogen) atoms. The molecule has 0 bridgehead atoms. The van der Waals surface area contributed by atoms with Crippen molar-refractivity contribution in [3.05, 3.63) is 69.0 Å². The largest absolute Gasteiger partial charge is 0.350 e. The molecule has 7 heteroatoms. The minimum Gasteiger partial charge on any atom is -0.350 e. The molecule has 0 saturated heterocycles. The molecule has 0 aliphatic heterocycles. The number of carbonyl (C=O) groups excluding carboxylic acids is 2. The van der Waals surface area contributed by atoms with Crippen LogP contribution >= 0.6 is 11.8 Å². The fourth-order valence-corrected chi connectivity index (χ4v) is 4.46. The highest BCUT2D eigenvalue weighted by molar-refractivity contribution is 7.99. The number of hydrogen-bond donors (Lipinski definition) is 1. The molecule has 1 heterocycles. The van der Waals surface area contributed by atoms with Crippen LogP contribution < -0.4 is 10.9 Å². The Morgan fingerprint density at radius 1 is 1.06 bits per heavy atom. The molecule has 1 amide bonds. The molecule has 174 valence electrons. The van der Waals surface area contributed by atoms with E-state index in [0.717, 1.165) is 11.1 Å². The van der Waals surface area contributed by atoms with E-state index in [4.69, 9.17) is 4.98 Å². The fraction of sp³-hybridized carbons (Fsp3) is 0.385. The monoisotopic (exact) mass is 465 g/mol. The van der Waals surface area contributed by atoms with Crippen LogP contribution in [0.1, 0.15) is 59.5 Å². The number of nitrogens with one attached hydrogen (secondary N) is 1. The molecule has 0 aliphatic rings. The minimum absolute atomic E-state index is 0.00223. The lowest BCUT2D eigenvalue weighted by Crippen LogP contribution is -2.30. The van der Waals surface area contributed by atoms with E-state index in [1.54, 1.807) is 22.8 Å². The second kappa shape index (κ2) is 10.3. The standard InChI is InChI=1S/C26H31N3O3S/c1-15(2)13-29-25(32)20-10-9-19(24(31)27-16(3)4)12-22(20)28-26(29)33-14-23(30)21-11-17(5)7-8-18(21)6/h7-12,15-16H,13-14H2,1-6H3,(H,27,31). The van der Waals surface area contributed by atoms with Gasteiger partial charge in [-0.2, -0.15) is 0 Å². The van der Waals surface area contributed by atoms with E-state index in [2.05, 4.69) is 5.32 Å². The summed E-state index contributed by atoms with van der Waals surface area (Å²) in [5, 5.41) is 3.81. The lowest BCUT2D eigenvalue weighted by Gasteiger charge is -2.15. The van der Waals surface area contributed by atoms with Crippen molar-refractivity contribution >= 4 is 34.4 Å². The van der Waals surface area contributed by atoms with E-state index < -0.39 is 0 Å². The average molecular weight is 466 g/mol. The second-order valence-corrected chi connectivity index (χ2v) is 10.0. The molecule has 0 radical (unpaired) electrons. The number of benzene rings is 2. The van der Waals surface area contributed by atoms with E-state index in [9.17, 15) is 14.4 Å². The first-order valence-corrected chi connectivity index (χ1v) is 12.1. The number of hydrogen-bond acceptors (Lipinski definition) is 5. The van der Waals surface area contributed by atoms with Gasteiger partial charge in [-0.05, 0) is 63.4 Å². The molecule has 3 rings (SSSR count). The van der Waals surface area contributed by atoms with Crippen LogP contribution in [0.25, 0.3) is 10.9 Å². The second-order valence-electron chi connectivity index (χ2n) is 9.09. The predicted molar refractivity (Wildman–Crippen MR) is 134 cm³/mol. The van der Waals surface area contributed by atoms with Gasteiger partial charge >= 0.3 is 0 Å². The van der Waals surface area contributed by atoms with Gasteiger partial charge in [0.15, 0.2) is 10.9 Å². The highest BCUT2D eigenvalue weighted by Crippen LogP contribution is 2.22. The van der Waals surface area contributed by atoms with Gasteiger partial charge in [-0.1, -0.05) is 43.3 Å². The third-order valence-corrected chi connectivity index (χ3v) is 6.15. The molecule has 0 atom stereocenters. The zero-order chi connectivity index (χ0) is 24.3. The fourth-order valence-electron chi connectivity index (χ4n) is 3.57. The number of thioether (sulfide) groups is 1. The predicted octanol–water partition coefficient (Wildman–Crippen LogP) is 4.78. The Morgan fingerprint density at radius 2 is 1.79 bits per heavy atom. The van der Waals surface area contributed by atoms with E-state index in [0.29, 0.717) is 33.7 Å². The summed E-state index contributed by atoms with van der Waals surface area (Å²) in [5.74, 6) is 0.191. The van der Waals surface area contributed by atoms with Crippen molar-refractivity contribution in [3.8, 4) is 0 Å². The summed E-state index contributed by atoms with van der Waals surface area (Å²) < 4.78 is 1.64. The molecule has 0 unspecified atom stereocenters. The van der Waals surface area contributed by atoms with Crippen molar-refractivity contribution in [3.63, 3.8) is 0 Å². The molecule has 1 N–H and O–H groups in total. The number of fused-ring (bicyclic) bond motifs is 1. The lowest BCUT2D eigenvalue weighted by molar-refractivity contribution is 0.0942. The number of nitrogens with zero attached hydrogens (tertiary/aromatic N) is 2. The van der Waals surface area contributed by atoms with Crippen molar-refractivity contribution in [2.75, 3.05) is 5.75 Å². The third-order valence-electron chi connectivity index (χ3n) is 5.18. The van der Waals surface area contributed by atoms with Crippen LogP contribution in [0.2, 0.25) is 0 Å². The van der Waals surface area contributed by atoms with E-state index >= 15 is 0 Å². The molecular weight excluding hydrogens is 434 g/mol. The first-order valence-electron chi connectivity index (χ1n) is 11.2. The van der Waals surface area contributed by atoms with Crippen molar-refractivity contribution in [1.29, 1.82) is 0 Å². The van der Waals surface area contributed by atoms with Crippen molar-refractivity contribution in [1.82, 2.24) is 14.9 Å². The van der Waals surface area contributed by atoms with Gasteiger partial charge in [-0.3, -0.25) is 19.0 Å². The van der Waals surface area contributed by atoms with Gasteiger partial charge in [0.1, 0.15) is 0 Å². The Hall–Kier alpha value is -2.93. The maximum Gasteiger partial charge on any atom is 0.262 e. The highest BCUT2D eigenvalue weighted by Gasteiger charge is 2.17. The van der Waals surface area contributed by atoms with E-state index in [1.165, 1.54) is 11.8 Å². The van der Waals surface area contributed by atoms with E-state index in [1.807, 2.05) is 59.7 Å². The topological polar surface area (TPSA) is 81.1 Å². The zero-order valence-electron chi connectivity index (χ0n) is 20.1. The summed E-state index contributed by atoms with van der Waals surface area (Å²) in [4.78, 5) is 43.4. The number of amides is 1. The highest BCUT2D eigenvalue weighted by atomic mass is 32.2. The van der Waals surface area contributed by atoms with Crippen LogP contribution in [-0.2, 0) is 6.54 Å². The average Bonchev–Trinajstić information content (AvgIpc) is 2.74. The molecule has 0 spiro atoms. The molecular formula is C26H31N3O3S. The Bertz CT molecular complexity index is 1260. The van der Waals surface area contributed by atoms with Crippen LogP contribution in [0.4, 0.5) is 0 Å². The normalized spacial score (nSPS) is 11.4. The quantitative estimate of drug-likeness (QED) is 0.294. The molecule has 2 aromatic carbocycles. The zero-order valence-corrected chi connectivity index (χ0v) is 20.9. The van der Waals surface area contributed by atoms with Crippen LogP contribution in [-0.4, -0.2) is 33.0 Å². The van der Waals surface area contributed by atoms with Crippen molar-refractivity contribution in [2.24, 2.45) is 5.92 Å². The maximum atomic E-state index is 13.3. The maximum absolute atomic E-state index is 13.3. The van der Waals surface area contributed by atoms with Gasteiger partial charge in [-0.15, -0.1) is 0 Å². The number of aromatic nitrogens is 2. The van der Waals surface area contributed by atoms with Crippen LogP contribution in [0.3, 0.4) is 0 Å². The number of aryl methyl sites for hydroxylation is 2. The number of rotatable bonds is 8. The van der Waals surface area contributed by atoms with Crippen LogP contribution in [0, 0.1) is 19.8 Å². The Kier molecular flexibility index (Phi) is 7.74. The summed E-state index contributed by atoms with van der Waals surface area (Å²) in [5.41, 5.74) is 3.39. The molecule has 6 nitrogen and oxygen atoms in total. The molecule has 0 aliphatic carbocycles. The minimum atomic E-state index is -0.209. The Morgan fingerprint density at radius 3 is 2.45 bits per heavy atom. The van der Waals surface area contributed by atoms with Gasteiger partial charge in [0, 0.05) is 23.7 Å². The Labute approximate surface area is 198 Å². The SMILES string of the molecule is Cc1ccc(C)c(C(=O)CSc2nc3cc(C(=O)NC(C)C)ccc3c(=O)n2CC(C)C)c1. The van der Waals surface area contributed by atoms with Gasteiger partial charge < -0.3 is 5.32 Å². The van der Waals surface area contributed by atoms with Gasteiger partial charge in [0.25, 0.3) is 11.5 Å². The van der Waals surface area contributed by atoms with Gasteiger partial charge in [0.2, 0.25) is 0 Å². The number of ketones is 1. The van der Waals surface area contributed by atoms with E-state index in [-0.39, 0.29) is 35.0 Å². The Balaban J connectivity index is 2.00. The van der Waals surface area contributed by atoms with Crippen LogP contribution in [0.5, 0.6) is 0 Å². The van der Waals surface area contributed by atoms with Gasteiger partial charge in [0.05, 0.1) is 16.7 Å². The molecule has 3 aromatic rings. The molecule has 1 aromatic heterocycles. The first-order chi connectivity index (χ1) is 15.6. The third kappa shape index (κ3) is 5.90. The summed E-state index contributed by atoms with van der Waals surface area (Å²) in [6.45, 7) is 12.2. The van der Waals surface area contributed by atoms with Crippen molar-refractivity contribution in [2.45, 2.75) is 59.3 Å². The smallest absolute Gasteiger partial charge is 0.262 e. The summed E-state index contributed by atoms with van der Waals surface area (Å²) in [6, 6.07) is 10.8. The number of carbonyl (C=O) groups is 2.